The zero-order valence-corrected chi connectivity index (χ0v) is 14.4. The molecule has 126 valence electrons. The fraction of sp³-hybridized carbons (Fsp3) is 0.0417. The molecule has 0 heterocycles. The average molecular weight is 337 g/mol. The van der Waals surface area contributed by atoms with E-state index in [9.17, 15) is 4.79 Å². The van der Waals surface area contributed by atoms with E-state index in [1.54, 1.807) is 0 Å². The second-order valence-corrected chi connectivity index (χ2v) is 6.24. The van der Waals surface area contributed by atoms with Crippen LogP contribution in [0.25, 0.3) is 10.8 Å². The van der Waals surface area contributed by atoms with Gasteiger partial charge in [-0.1, -0.05) is 84.9 Å². The van der Waals surface area contributed by atoms with Crippen molar-refractivity contribution in [3.05, 3.63) is 114 Å². The van der Waals surface area contributed by atoms with Crippen LogP contribution < -0.4 is 4.90 Å². The molecule has 0 saturated carbocycles. The number of para-hydroxylation sites is 1. The van der Waals surface area contributed by atoms with Crippen LogP contribution >= 0.6 is 0 Å². The molecule has 2 heteroatoms. The van der Waals surface area contributed by atoms with E-state index in [0.717, 1.165) is 27.6 Å². The Hall–Kier alpha value is -3.39. The monoisotopic (exact) mass is 337 g/mol. The molecule has 4 aromatic rings. The van der Waals surface area contributed by atoms with E-state index < -0.39 is 0 Å². The van der Waals surface area contributed by atoms with E-state index in [0.29, 0.717) is 6.54 Å². The zero-order chi connectivity index (χ0) is 17.8. The van der Waals surface area contributed by atoms with E-state index in [4.69, 9.17) is 0 Å². The van der Waals surface area contributed by atoms with Gasteiger partial charge in [0.05, 0.1) is 6.54 Å². The third-order valence-electron chi connectivity index (χ3n) is 4.52. The Morgan fingerprint density at radius 3 is 2.04 bits per heavy atom. The highest BCUT2D eigenvalue weighted by atomic mass is 16.2. The molecule has 0 saturated heterocycles. The number of hydrogen-bond donors (Lipinski definition) is 0. The van der Waals surface area contributed by atoms with Crippen LogP contribution in [0.3, 0.4) is 0 Å². The Balaban J connectivity index is 1.79. The Kier molecular flexibility index (Phi) is 4.48. The summed E-state index contributed by atoms with van der Waals surface area (Å²) in [6.07, 6.45) is 0. The molecule has 0 atom stereocenters. The van der Waals surface area contributed by atoms with Crippen molar-refractivity contribution in [2.75, 3.05) is 4.90 Å². The summed E-state index contributed by atoms with van der Waals surface area (Å²) in [6, 6.07) is 33.8. The second-order valence-electron chi connectivity index (χ2n) is 6.24. The highest BCUT2D eigenvalue weighted by Gasteiger charge is 2.19. The standard InChI is InChI=1S/C24H19NO/c26-24(23-17-9-13-20-12-7-8-16-22(20)23)25(21-14-5-2-6-15-21)18-19-10-3-1-4-11-19/h1-17H,18H2. The van der Waals surface area contributed by atoms with Crippen LogP contribution in [0.5, 0.6) is 0 Å². The number of carbonyl (C=O) groups excluding carboxylic acids is 1. The third kappa shape index (κ3) is 3.22. The summed E-state index contributed by atoms with van der Waals surface area (Å²) in [7, 11) is 0. The van der Waals surface area contributed by atoms with Crippen molar-refractivity contribution in [2.24, 2.45) is 0 Å². The lowest BCUT2D eigenvalue weighted by Crippen LogP contribution is -2.30. The summed E-state index contributed by atoms with van der Waals surface area (Å²) in [5.41, 5.74) is 2.72. The van der Waals surface area contributed by atoms with Gasteiger partial charge in [0.1, 0.15) is 0 Å². The van der Waals surface area contributed by atoms with E-state index in [-0.39, 0.29) is 5.91 Å². The van der Waals surface area contributed by atoms with Crippen molar-refractivity contribution in [1.82, 2.24) is 0 Å². The van der Waals surface area contributed by atoms with E-state index in [2.05, 4.69) is 0 Å². The molecule has 1 amide bonds. The lowest BCUT2D eigenvalue weighted by molar-refractivity contribution is 0.0986. The fourth-order valence-electron chi connectivity index (χ4n) is 3.21. The van der Waals surface area contributed by atoms with Crippen LogP contribution in [0.4, 0.5) is 5.69 Å². The predicted octanol–water partition coefficient (Wildman–Crippen LogP) is 5.69. The van der Waals surface area contributed by atoms with Crippen molar-refractivity contribution in [3.8, 4) is 0 Å². The Morgan fingerprint density at radius 2 is 1.27 bits per heavy atom. The van der Waals surface area contributed by atoms with Crippen LogP contribution in [0.2, 0.25) is 0 Å². The molecular formula is C24H19NO. The molecule has 4 aromatic carbocycles. The minimum atomic E-state index is 0.0110. The second kappa shape index (κ2) is 7.24. The van der Waals surface area contributed by atoms with Crippen LogP contribution in [0.15, 0.2) is 103 Å². The lowest BCUT2D eigenvalue weighted by Gasteiger charge is -2.24. The highest BCUT2D eigenvalue weighted by Crippen LogP contribution is 2.24. The summed E-state index contributed by atoms with van der Waals surface area (Å²) in [5.74, 6) is 0.0110. The first kappa shape index (κ1) is 16.1. The van der Waals surface area contributed by atoms with Gasteiger partial charge in [-0.2, -0.15) is 0 Å². The molecule has 0 aliphatic heterocycles. The Labute approximate surface area is 153 Å². The quantitative estimate of drug-likeness (QED) is 0.469. The van der Waals surface area contributed by atoms with Crippen molar-refractivity contribution in [2.45, 2.75) is 6.54 Å². The molecule has 4 rings (SSSR count). The molecule has 0 unspecified atom stereocenters. The zero-order valence-electron chi connectivity index (χ0n) is 14.4. The van der Waals surface area contributed by atoms with Gasteiger partial charge >= 0.3 is 0 Å². The van der Waals surface area contributed by atoms with Gasteiger partial charge in [0, 0.05) is 11.3 Å². The van der Waals surface area contributed by atoms with Gasteiger partial charge in [-0.15, -0.1) is 0 Å². The van der Waals surface area contributed by atoms with Crippen molar-refractivity contribution in [3.63, 3.8) is 0 Å². The maximum atomic E-state index is 13.5. The fourth-order valence-corrected chi connectivity index (χ4v) is 3.21. The molecule has 0 radical (unpaired) electrons. The maximum absolute atomic E-state index is 13.5. The number of nitrogens with zero attached hydrogens (tertiary/aromatic N) is 1. The smallest absolute Gasteiger partial charge is 0.259 e. The number of rotatable bonds is 4. The summed E-state index contributed by atoms with van der Waals surface area (Å²) in [4.78, 5) is 15.3. The maximum Gasteiger partial charge on any atom is 0.259 e. The molecule has 0 fully saturated rings. The van der Waals surface area contributed by atoms with Crippen LogP contribution in [-0.4, -0.2) is 5.91 Å². The summed E-state index contributed by atoms with van der Waals surface area (Å²) >= 11 is 0. The molecule has 2 nitrogen and oxygen atoms in total. The number of amides is 1. The van der Waals surface area contributed by atoms with Gasteiger partial charge in [-0.05, 0) is 34.5 Å². The summed E-state index contributed by atoms with van der Waals surface area (Å²) in [5, 5.41) is 2.06. The van der Waals surface area contributed by atoms with Gasteiger partial charge in [-0.3, -0.25) is 4.79 Å². The van der Waals surface area contributed by atoms with Crippen molar-refractivity contribution >= 4 is 22.4 Å². The molecule has 0 spiro atoms. The van der Waals surface area contributed by atoms with Gasteiger partial charge in [0.15, 0.2) is 0 Å². The number of benzene rings is 4. The number of carbonyl (C=O) groups is 1. The first-order valence-corrected chi connectivity index (χ1v) is 8.71. The Morgan fingerprint density at radius 1 is 0.654 bits per heavy atom. The minimum Gasteiger partial charge on any atom is -0.304 e. The van der Waals surface area contributed by atoms with Gasteiger partial charge in [-0.25, -0.2) is 0 Å². The third-order valence-corrected chi connectivity index (χ3v) is 4.52. The van der Waals surface area contributed by atoms with Crippen molar-refractivity contribution in [1.29, 1.82) is 0 Å². The highest BCUT2D eigenvalue weighted by molar-refractivity contribution is 6.14. The SMILES string of the molecule is O=C(c1cccc2ccccc12)N(Cc1ccccc1)c1ccccc1. The molecule has 0 aliphatic rings. The normalized spacial score (nSPS) is 10.6. The number of fused-ring (bicyclic) bond motifs is 1. The molecule has 26 heavy (non-hydrogen) atoms. The topological polar surface area (TPSA) is 20.3 Å². The minimum absolute atomic E-state index is 0.0110. The van der Waals surface area contributed by atoms with Crippen LogP contribution in [-0.2, 0) is 6.54 Å². The number of anilines is 1. The Bertz CT molecular complexity index is 1020. The lowest BCUT2D eigenvalue weighted by atomic mass is 10.0. The van der Waals surface area contributed by atoms with Crippen LogP contribution in [0, 0.1) is 0 Å². The first-order valence-electron chi connectivity index (χ1n) is 8.71. The van der Waals surface area contributed by atoms with Gasteiger partial charge in [0.25, 0.3) is 5.91 Å². The molecule has 0 aromatic heterocycles. The van der Waals surface area contributed by atoms with E-state index in [1.807, 2.05) is 108 Å². The largest absolute Gasteiger partial charge is 0.304 e. The molecule has 0 aliphatic carbocycles. The predicted molar refractivity (Wildman–Crippen MR) is 107 cm³/mol. The summed E-state index contributed by atoms with van der Waals surface area (Å²) in [6.45, 7) is 0.535. The van der Waals surface area contributed by atoms with Gasteiger partial charge < -0.3 is 4.90 Å². The first-order chi connectivity index (χ1) is 12.8. The average Bonchev–Trinajstić information content (AvgIpc) is 2.72. The summed E-state index contributed by atoms with van der Waals surface area (Å²) < 4.78 is 0. The number of hydrogen-bond acceptors (Lipinski definition) is 1. The van der Waals surface area contributed by atoms with Crippen molar-refractivity contribution < 1.29 is 4.79 Å². The van der Waals surface area contributed by atoms with Crippen LogP contribution in [0.1, 0.15) is 15.9 Å². The molecule has 0 N–H and O–H groups in total. The van der Waals surface area contributed by atoms with E-state index >= 15 is 0 Å². The molecular weight excluding hydrogens is 318 g/mol. The van der Waals surface area contributed by atoms with Gasteiger partial charge in [0.2, 0.25) is 0 Å². The molecule has 0 bridgehead atoms. The van der Waals surface area contributed by atoms with E-state index in [1.165, 1.54) is 0 Å².